The van der Waals surface area contributed by atoms with Crippen LogP contribution in [0, 0.1) is 12.8 Å². The van der Waals surface area contributed by atoms with Crippen LogP contribution in [0.3, 0.4) is 0 Å². The molecule has 128 valence electrons. The van der Waals surface area contributed by atoms with Gasteiger partial charge in [0.1, 0.15) is 5.25 Å². The Bertz CT molecular complexity index is 795. The van der Waals surface area contributed by atoms with Crippen molar-refractivity contribution in [3.63, 3.8) is 0 Å². The average molecular weight is 359 g/mol. The van der Waals surface area contributed by atoms with Crippen molar-refractivity contribution in [1.29, 1.82) is 0 Å². The Morgan fingerprint density at radius 3 is 2.26 bits per heavy atom. The Morgan fingerprint density at radius 1 is 1.17 bits per heavy atom. The van der Waals surface area contributed by atoms with Gasteiger partial charge in [-0.05, 0) is 19.1 Å². The number of amides is 1. The molecule has 1 aromatic rings. The van der Waals surface area contributed by atoms with Crippen molar-refractivity contribution in [2.45, 2.75) is 37.0 Å². The second-order valence-electron chi connectivity index (χ2n) is 6.24. The lowest BCUT2D eigenvalue weighted by molar-refractivity contribution is -0.124. The molecule has 23 heavy (non-hydrogen) atoms. The van der Waals surface area contributed by atoms with Gasteiger partial charge in [0, 0.05) is 5.92 Å². The lowest BCUT2D eigenvalue weighted by Crippen LogP contribution is -2.47. The maximum absolute atomic E-state index is 12.8. The molecule has 0 saturated carbocycles. The van der Waals surface area contributed by atoms with Crippen molar-refractivity contribution in [3.05, 3.63) is 29.8 Å². The van der Waals surface area contributed by atoms with E-state index in [9.17, 15) is 21.6 Å². The van der Waals surface area contributed by atoms with Crippen LogP contribution in [0.5, 0.6) is 0 Å². The zero-order valence-electron chi connectivity index (χ0n) is 13.3. The molecule has 1 aliphatic heterocycles. The van der Waals surface area contributed by atoms with Crippen LogP contribution in [0.4, 0.5) is 0 Å². The van der Waals surface area contributed by atoms with Gasteiger partial charge in [-0.25, -0.2) is 16.8 Å². The van der Waals surface area contributed by atoms with Crippen LogP contribution in [0.2, 0.25) is 0 Å². The number of sulfone groups is 2. The summed E-state index contributed by atoms with van der Waals surface area (Å²) >= 11 is 0. The van der Waals surface area contributed by atoms with E-state index in [1.807, 2.05) is 6.92 Å². The Labute approximate surface area is 137 Å². The first-order valence-electron chi connectivity index (χ1n) is 7.34. The maximum Gasteiger partial charge on any atom is 0.222 e. The molecule has 0 unspecified atom stereocenters. The summed E-state index contributed by atoms with van der Waals surface area (Å²) < 4.78 is 49.4. The summed E-state index contributed by atoms with van der Waals surface area (Å²) in [6.45, 7) is 5.17. The predicted octanol–water partition coefficient (Wildman–Crippen LogP) is 0.707. The Morgan fingerprint density at radius 2 is 1.74 bits per heavy atom. The van der Waals surface area contributed by atoms with E-state index in [0.717, 1.165) is 5.56 Å². The van der Waals surface area contributed by atoms with E-state index >= 15 is 0 Å². The molecule has 1 aliphatic rings. The van der Waals surface area contributed by atoms with Crippen LogP contribution in [-0.4, -0.2) is 45.5 Å². The highest BCUT2D eigenvalue weighted by Crippen LogP contribution is 2.26. The fraction of sp³-hybridized carbons (Fsp3) is 0.533. The zero-order chi connectivity index (χ0) is 17.4. The molecule has 1 fully saturated rings. The van der Waals surface area contributed by atoms with Crippen molar-refractivity contribution in [2.24, 2.45) is 5.92 Å². The first-order chi connectivity index (χ1) is 10.5. The second-order valence-corrected chi connectivity index (χ2v) is 10.6. The van der Waals surface area contributed by atoms with Gasteiger partial charge in [-0.3, -0.25) is 4.79 Å². The van der Waals surface area contributed by atoms with Gasteiger partial charge in [-0.15, -0.1) is 0 Å². The third-order valence-electron chi connectivity index (χ3n) is 3.90. The van der Waals surface area contributed by atoms with E-state index in [0.29, 0.717) is 0 Å². The third kappa shape index (κ3) is 3.92. The monoisotopic (exact) mass is 359 g/mol. The van der Waals surface area contributed by atoms with Gasteiger partial charge < -0.3 is 5.32 Å². The summed E-state index contributed by atoms with van der Waals surface area (Å²) in [5, 5.41) is 1.42. The summed E-state index contributed by atoms with van der Waals surface area (Å²) in [7, 11) is -7.35. The normalized spacial score (nSPS) is 23.8. The Kier molecular flexibility index (Phi) is 4.86. The van der Waals surface area contributed by atoms with Crippen molar-refractivity contribution in [1.82, 2.24) is 5.32 Å². The number of hydrogen-bond donors (Lipinski definition) is 1. The predicted molar refractivity (Wildman–Crippen MR) is 87.6 cm³/mol. The lowest BCUT2D eigenvalue weighted by atomic mass is 10.2. The van der Waals surface area contributed by atoms with Gasteiger partial charge in [0.25, 0.3) is 0 Å². The van der Waals surface area contributed by atoms with Crippen LogP contribution in [0.1, 0.15) is 19.4 Å². The topological polar surface area (TPSA) is 97.4 Å². The van der Waals surface area contributed by atoms with E-state index in [4.69, 9.17) is 0 Å². The highest BCUT2D eigenvalue weighted by Gasteiger charge is 2.46. The number of rotatable bonds is 4. The smallest absolute Gasteiger partial charge is 0.222 e. The molecule has 0 spiro atoms. The molecule has 2 atom stereocenters. The Hall–Kier alpha value is -1.41. The van der Waals surface area contributed by atoms with Gasteiger partial charge in [0.05, 0.1) is 22.4 Å². The molecule has 1 aromatic carbocycles. The molecule has 0 aromatic heterocycles. The van der Waals surface area contributed by atoms with E-state index in [1.165, 1.54) is 12.1 Å². The Balaban J connectivity index is 2.37. The minimum atomic E-state index is -3.84. The molecule has 1 heterocycles. The fourth-order valence-electron chi connectivity index (χ4n) is 2.51. The van der Waals surface area contributed by atoms with Gasteiger partial charge >= 0.3 is 0 Å². The molecular formula is C15H21NO5S2. The molecule has 0 bridgehead atoms. The molecule has 0 aliphatic carbocycles. The van der Waals surface area contributed by atoms with Gasteiger partial charge in [0.15, 0.2) is 19.7 Å². The van der Waals surface area contributed by atoms with Crippen LogP contribution in [0.15, 0.2) is 29.2 Å². The van der Waals surface area contributed by atoms with E-state index < -0.39 is 36.7 Å². The minimum absolute atomic E-state index is 0.0778. The molecule has 1 saturated heterocycles. The SMILES string of the molecule is Cc1ccc(S(=O)(=O)[C@@H]2CS(=O)(=O)C[C@@H]2NC(=O)C(C)C)cc1. The van der Waals surface area contributed by atoms with Crippen LogP contribution < -0.4 is 5.32 Å². The van der Waals surface area contributed by atoms with Crippen molar-refractivity contribution in [3.8, 4) is 0 Å². The van der Waals surface area contributed by atoms with Gasteiger partial charge in [0.2, 0.25) is 5.91 Å². The van der Waals surface area contributed by atoms with Gasteiger partial charge in [-0.1, -0.05) is 31.5 Å². The highest BCUT2D eigenvalue weighted by atomic mass is 32.2. The summed E-state index contributed by atoms with van der Waals surface area (Å²) in [6, 6.07) is 5.35. The maximum atomic E-state index is 12.8. The van der Waals surface area contributed by atoms with E-state index in [1.54, 1.807) is 26.0 Å². The number of aryl methyl sites for hydroxylation is 1. The standard InChI is InChI=1S/C15H21NO5S2/c1-10(2)15(17)16-13-8-22(18,19)9-14(13)23(20,21)12-6-4-11(3)5-7-12/h4-7,10,13-14H,8-9H2,1-3H3,(H,16,17)/t13-,14+/m0/s1. The number of hydrogen-bond acceptors (Lipinski definition) is 5. The van der Waals surface area contributed by atoms with E-state index in [-0.39, 0.29) is 22.5 Å². The summed E-state index contributed by atoms with van der Waals surface area (Å²) in [6.07, 6.45) is 0. The molecule has 0 radical (unpaired) electrons. The highest BCUT2D eigenvalue weighted by molar-refractivity contribution is 7.96. The van der Waals surface area contributed by atoms with Crippen molar-refractivity contribution < 1.29 is 21.6 Å². The average Bonchev–Trinajstić information content (AvgIpc) is 2.74. The number of carbonyl (C=O) groups excluding carboxylic acids is 1. The van der Waals surface area contributed by atoms with Crippen LogP contribution >= 0.6 is 0 Å². The zero-order valence-corrected chi connectivity index (χ0v) is 14.9. The van der Waals surface area contributed by atoms with Crippen LogP contribution in [0.25, 0.3) is 0 Å². The first kappa shape index (κ1) is 17.9. The molecule has 1 amide bonds. The van der Waals surface area contributed by atoms with Crippen molar-refractivity contribution in [2.75, 3.05) is 11.5 Å². The molecular weight excluding hydrogens is 338 g/mol. The molecule has 6 nitrogen and oxygen atoms in total. The quantitative estimate of drug-likeness (QED) is 0.854. The molecule has 2 rings (SSSR count). The molecule has 1 N–H and O–H groups in total. The van der Waals surface area contributed by atoms with E-state index in [2.05, 4.69) is 5.32 Å². The van der Waals surface area contributed by atoms with Crippen LogP contribution in [-0.2, 0) is 24.5 Å². The third-order valence-corrected chi connectivity index (χ3v) is 8.07. The summed E-state index contributed by atoms with van der Waals surface area (Å²) in [5.74, 6) is -1.51. The number of benzene rings is 1. The van der Waals surface area contributed by atoms with Gasteiger partial charge in [-0.2, -0.15) is 0 Å². The largest absolute Gasteiger partial charge is 0.351 e. The summed E-state index contributed by atoms with van der Waals surface area (Å²) in [5.41, 5.74) is 0.910. The second kappa shape index (κ2) is 6.24. The first-order valence-corrected chi connectivity index (χ1v) is 10.7. The molecule has 8 heteroatoms. The fourth-order valence-corrected chi connectivity index (χ4v) is 7.16. The summed E-state index contributed by atoms with van der Waals surface area (Å²) in [4.78, 5) is 11.9. The van der Waals surface area contributed by atoms with Crippen molar-refractivity contribution >= 4 is 25.6 Å². The number of nitrogens with one attached hydrogen (secondary N) is 1. The lowest BCUT2D eigenvalue weighted by Gasteiger charge is -2.21. The number of carbonyl (C=O) groups is 1. The minimum Gasteiger partial charge on any atom is -0.351 e.